The van der Waals surface area contributed by atoms with E-state index in [0.717, 1.165) is 22.9 Å². The minimum absolute atomic E-state index is 0.609. The Kier molecular flexibility index (Phi) is 3.66. The highest BCUT2D eigenvalue weighted by molar-refractivity contribution is 6.31. The molecule has 1 saturated heterocycles. The lowest BCUT2D eigenvalue weighted by Gasteiger charge is -2.39. The molecule has 7 heteroatoms. The molecule has 2 aromatic heterocycles. The van der Waals surface area contributed by atoms with Crippen LogP contribution in [0.1, 0.15) is 24.2 Å². The van der Waals surface area contributed by atoms with Gasteiger partial charge < -0.3 is 10.0 Å². The first-order valence-corrected chi connectivity index (χ1v) is 8.36. The lowest BCUT2D eigenvalue weighted by atomic mass is 9.84. The molecule has 1 fully saturated rings. The fourth-order valence-electron chi connectivity index (χ4n) is 3.27. The van der Waals surface area contributed by atoms with Crippen LogP contribution < -0.4 is 4.90 Å². The summed E-state index contributed by atoms with van der Waals surface area (Å²) in [5.74, 6) is 1.63. The average Bonchev–Trinajstić information content (AvgIpc) is 2.96. The highest BCUT2D eigenvalue weighted by atomic mass is 35.5. The second-order valence-corrected chi connectivity index (χ2v) is 6.61. The number of aryl methyl sites for hydroxylation is 1. The van der Waals surface area contributed by atoms with Crippen molar-refractivity contribution in [2.75, 3.05) is 18.0 Å². The van der Waals surface area contributed by atoms with Crippen LogP contribution in [0.25, 0.3) is 5.65 Å². The van der Waals surface area contributed by atoms with Gasteiger partial charge in [0.2, 0.25) is 0 Å². The number of hydrogen-bond donors (Lipinski definition) is 1. The summed E-state index contributed by atoms with van der Waals surface area (Å²) in [6.07, 6.45) is 1.22. The van der Waals surface area contributed by atoms with Gasteiger partial charge in [0.25, 0.3) is 0 Å². The molecule has 4 rings (SSSR count). The Bertz CT molecular complexity index is 886. The van der Waals surface area contributed by atoms with Gasteiger partial charge in [-0.25, -0.2) is 0 Å². The van der Waals surface area contributed by atoms with Crippen LogP contribution in [0.3, 0.4) is 0 Å². The lowest BCUT2D eigenvalue weighted by molar-refractivity contribution is 0.0117. The van der Waals surface area contributed by atoms with E-state index in [9.17, 15) is 5.11 Å². The number of fused-ring (bicyclic) bond motifs is 1. The molecule has 1 aromatic carbocycles. The molecular weight excluding hydrogens is 326 g/mol. The van der Waals surface area contributed by atoms with Gasteiger partial charge >= 0.3 is 0 Å². The molecule has 24 heavy (non-hydrogen) atoms. The zero-order chi connectivity index (χ0) is 16.7. The summed E-state index contributed by atoms with van der Waals surface area (Å²) in [7, 11) is 0. The van der Waals surface area contributed by atoms with Crippen molar-refractivity contribution in [1.82, 2.24) is 19.8 Å². The average molecular weight is 344 g/mol. The molecular formula is C17H18ClN5O. The van der Waals surface area contributed by atoms with E-state index in [1.54, 1.807) is 4.52 Å². The summed E-state index contributed by atoms with van der Waals surface area (Å²) in [5, 5.41) is 24.3. The summed E-state index contributed by atoms with van der Waals surface area (Å²) in [5.41, 5.74) is 0.663. The highest BCUT2D eigenvalue weighted by Crippen LogP contribution is 2.37. The van der Waals surface area contributed by atoms with Crippen molar-refractivity contribution in [3.8, 4) is 0 Å². The van der Waals surface area contributed by atoms with E-state index in [1.807, 2.05) is 43.3 Å². The third-order valence-corrected chi connectivity index (χ3v) is 5.02. The SMILES string of the molecule is Cc1nnc2ccc(N3CCC(O)(c4ccccc4Cl)CC3)nn12. The van der Waals surface area contributed by atoms with Gasteiger partial charge in [0.1, 0.15) is 5.82 Å². The van der Waals surface area contributed by atoms with Gasteiger partial charge in [0.05, 0.1) is 5.60 Å². The fraction of sp³-hybridized carbons (Fsp3) is 0.353. The molecule has 0 bridgehead atoms. The summed E-state index contributed by atoms with van der Waals surface area (Å²) in [4.78, 5) is 2.17. The van der Waals surface area contributed by atoms with Crippen LogP contribution >= 0.6 is 11.6 Å². The van der Waals surface area contributed by atoms with E-state index >= 15 is 0 Å². The molecule has 1 aliphatic rings. The minimum Gasteiger partial charge on any atom is -0.385 e. The Morgan fingerprint density at radius 1 is 1.08 bits per heavy atom. The first kappa shape index (κ1) is 15.4. The Morgan fingerprint density at radius 2 is 1.83 bits per heavy atom. The van der Waals surface area contributed by atoms with E-state index in [2.05, 4.69) is 20.2 Å². The van der Waals surface area contributed by atoms with Crippen molar-refractivity contribution >= 4 is 23.1 Å². The fourth-order valence-corrected chi connectivity index (χ4v) is 3.58. The molecule has 3 aromatic rings. The maximum absolute atomic E-state index is 11.0. The number of hydrogen-bond acceptors (Lipinski definition) is 5. The maximum Gasteiger partial charge on any atom is 0.178 e. The topological polar surface area (TPSA) is 66.5 Å². The van der Waals surface area contributed by atoms with Gasteiger partial charge in [-0.2, -0.15) is 4.52 Å². The van der Waals surface area contributed by atoms with Crippen LogP contribution in [-0.2, 0) is 5.60 Å². The Morgan fingerprint density at radius 3 is 2.58 bits per heavy atom. The van der Waals surface area contributed by atoms with Crippen molar-refractivity contribution in [3.63, 3.8) is 0 Å². The molecule has 0 amide bonds. The summed E-state index contributed by atoms with van der Waals surface area (Å²) in [6, 6.07) is 11.4. The number of halogens is 1. The number of aromatic nitrogens is 4. The van der Waals surface area contributed by atoms with Crippen molar-refractivity contribution in [3.05, 3.63) is 52.8 Å². The molecule has 1 N–H and O–H groups in total. The van der Waals surface area contributed by atoms with Gasteiger partial charge in [-0.1, -0.05) is 29.8 Å². The van der Waals surface area contributed by atoms with Gasteiger partial charge in [0, 0.05) is 23.7 Å². The number of anilines is 1. The largest absolute Gasteiger partial charge is 0.385 e. The van der Waals surface area contributed by atoms with Crippen molar-refractivity contribution in [2.24, 2.45) is 0 Å². The van der Waals surface area contributed by atoms with Crippen molar-refractivity contribution in [1.29, 1.82) is 0 Å². The quantitative estimate of drug-likeness (QED) is 0.774. The third kappa shape index (κ3) is 2.52. The summed E-state index contributed by atoms with van der Waals surface area (Å²) < 4.78 is 1.74. The second-order valence-electron chi connectivity index (χ2n) is 6.21. The zero-order valence-electron chi connectivity index (χ0n) is 13.4. The highest BCUT2D eigenvalue weighted by Gasteiger charge is 2.35. The van der Waals surface area contributed by atoms with Gasteiger partial charge in [-0.05, 0) is 38.0 Å². The predicted molar refractivity (Wildman–Crippen MR) is 92.3 cm³/mol. The number of benzene rings is 1. The van der Waals surface area contributed by atoms with Crippen molar-refractivity contribution < 1.29 is 5.11 Å². The standard InChI is InChI=1S/C17H18ClN5O/c1-12-19-20-15-6-7-16(21-23(12)15)22-10-8-17(24,9-11-22)13-4-2-3-5-14(13)18/h2-7,24H,8-11H2,1H3. The van der Waals surface area contributed by atoms with Crippen LogP contribution in [-0.4, -0.2) is 38.0 Å². The first-order valence-electron chi connectivity index (χ1n) is 7.98. The lowest BCUT2D eigenvalue weighted by Crippen LogP contribution is -2.43. The van der Waals surface area contributed by atoms with E-state index < -0.39 is 5.60 Å². The number of nitrogens with zero attached hydrogens (tertiary/aromatic N) is 5. The zero-order valence-corrected chi connectivity index (χ0v) is 14.1. The van der Waals surface area contributed by atoms with E-state index in [1.165, 1.54) is 0 Å². The smallest absolute Gasteiger partial charge is 0.178 e. The molecule has 0 spiro atoms. The van der Waals surface area contributed by atoms with E-state index in [-0.39, 0.29) is 0 Å². The number of aliphatic hydroxyl groups is 1. The van der Waals surface area contributed by atoms with Crippen LogP contribution in [0, 0.1) is 6.92 Å². The third-order valence-electron chi connectivity index (χ3n) is 4.69. The Hall–Kier alpha value is -2.18. The maximum atomic E-state index is 11.0. The van der Waals surface area contributed by atoms with Gasteiger partial charge in [-0.15, -0.1) is 15.3 Å². The summed E-state index contributed by atoms with van der Waals surface area (Å²) in [6.45, 7) is 3.30. The first-order chi connectivity index (χ1) is 11.6. The Balaban J connectivity index is 1.57. The number of rotatable bonds is 2. The van der Waals surface area contributed by atoms with Crippen molar-refractivity contribution in [2.45, 2.75) is 25.4 Å². The molecule has 0 saturated carbocycles. The van der Waals surface area contributed by atoms with Gasteiger partial charge in [0.15, 0.2) is 11.5 Å². The molecule has 124 valence electrons. The predicted octanol–water partition coefficient (Wildman–Crippen LogP) is 2.57. The van der Waals surface area contributed by atoms with E-state index in [0.29, 0.717) is 31.0 Å². The van der Waals surface area contributed by atoms with E-state index in [4.69, 9.17) is 11.6 Å². The van der Waals surface area contributed by atoms with Crippen LogP contribution in [0.5, 0.6) is 0 Å². The molecule has 0 aliphatic carbocycles. The molecule has 0 atom stereocenters. The summed E-state index contributed by atoms with van der Waals surface area (Å²) >= 11 is 6.27. The van der Waals surface area contributed by atoms with Crippen LogP contribution in [0.4, 0.5) is 5.82 Å². The molecule has 0 radical (unpaired) electrons. The molecule has 6 nitrogen and oxygen atoms in total. The second kappa shape index (κ2) is 5.72. The number of piperidine rings is 1. The monoisotopic (exact) mass is 343 g/mol. The molecule has 0 unspecified atom stereocenters. The molecule has 1 aliphatic heterocycles. The Labute approximate surface area is 144 Å². The molecule has 3 heterocycles. The van der Waals surface area contributed by atoms with Crippen LogP contribution in [0.15, 0.2) is 36.4 Å². The van der Waals surface area contributed by atoms with Gasteiger partial charge in [-0.3, -0.25) is 0 Å². The van der Waals surface area contributed by atoms with Crippen LogP contribution in [0.2, 0.25) is 5.02 Å². The normalized spacial score (nSPS) is 17.4. The minimum atomic E-state index is -0.884.